The van der Waals surface area contributed by atoms with Gasteiger partial charge in [-0.25, -0.2) is 9.97 Å². The van der Waals surface area contributed by atoms with Gasteiger partial charge in [-0.15, -0.1) is 0 Å². The molecule has 0 aliphatic carbocycles. The number of hydrogen-bond donors (Lipinski definition) is 3. The Labute approximate surface area is 188 Å². The second-order valence-corrected chi connectivity index (χ2v) is 7.77. The topological polar surface area (TPSA) is 131 Å². The summed E-state index contributed by atoms with van der Waals surface area (Å²) in [5.41, 5.74) is 4.16. The van der Waals surface area contributed by atoms with Crippen molar-refractivity contribution in [1.29, 1.82) is 0 Å². The number of benzene rings is 2. The van der Waals surface area contributed by atoms with Crippen molar-refractivity contribution in [1.82, 2.24) is 29.7 Å². The summed E-state index contributed by atoms with van der Waals surface area (Å²) in [5.74, 6) is 0.144. The molecule has 10 nitrogen and oxygen atoms in total. The number of nitrogens with one attached hydrogen (secondary N) is 3. The van der Waals surface area contributed by atoms with E-state index in [0.717, 1.165) is 22.8 Å². The smallest absolute Gasteiger partial charge is 0.269 e. The number of hydrogen-bond acceptors (Lipinski definition) is 6. The third kappa shape index (κ3) is 3.96. The number of aryl methyl sites for hydroxylation is 2. The van der Waals surface area contributed by atoms with Crippen molar-refractivity contribution < 1.29 is 9.53 Å². The van der Waals surface area contributed by atoms with Crippen LogP contribution in [0.2, 0.25) is 0 Å². The maximum absolute atomic E-state index is 13.0. The molecule has 3 aromatic heterocycles. The lowest BCUT2D eigenvalue weighted by Crippen LogP contribution is -2.16. The average molecular weight is 445 g/mol. The number of nitrogens with zero attached hydrogens (tertiary/aromatic N) is 4. The van der Waals surface area contributed by atoms with E-state index in [2.05, 4.69) is 30.5 Å². The van der Waals surface area contributed by atoms with E-state index in [1.807, 2.05) is 23.6 Å². The van der Waals surface area contributed by atoms with Crippen LogP contribution in [0.15, 0.2) is 41.3 Å². The van der Waals surface area contributed by atoms with Crippen LogP contribution >= 0.6 is 0 Å². The predicted octanol–water partition coefficient (Wildman–Crippen LogP) is 3.14. The minimum atomic E-state index is -0.278. The first-order valence-corrected chi connectivity index (χ1v) is 10.8. The zero-order valence-electron chi connectivity index (χ0n) is 18.3. The normalized spacial score (nSPS) is 11.6. The molecule has 0 aliphatic heterocycles. The fourth-order valence-corrected chi connectivity index (χ4v) is 3.84. The third-order valence-electron chi connectivity index (χ3n) is 5.53. The molecular formula is C23H23N7O3. The van der Waals surface area contributed by atoms with Crippen LogP contribution in [0, 0.1) is 6.92 Å². The molecule has 3 heterocycles. The molecule has 1 amide bonds. The van der Waals surface area contributed by atoms with Gasteiger partial charge in [-0.1, -0.05) is 6.07 Å². The third-order valence-corrected chi connectivity index (χ3v) is 5.53. The minimum absolute atomic E-state index is 0.235. The van der Waals surface area contributed by atoms with Gasteiger partial charge in [-0.3, -0.25) is 20.0 Å². The second-order valence-electron chi connectivity index (χ2n) is 7.77. The second kappa shape index (κ2) is 8.47. The van der Waals surface area contributed by atoms with Gasteiger partial charge in [0.25, 0.3) is 11.5 Å². The molecular weight excluding hydrogens is 422 g/mol. The molecule has 0 bridgehead atoms. The average Bonchev–Trinajstić information content (AvgIpc) is 3.40. The summed E-state index contributed by atoms with van der Waals surface area (Å²) in [7, 11) is 0. The van der Waals surface area contributed by atoms with Gasteiger partial charge in [0.05, 0.1) is 33.8 Å². The molecule has 0 spiro atoms. The molecule has 0 saturated heterocycles. The highest BCUT2D eigenvalue weighted by molar-refractivity contribution is 6.06. The van der Waals surface area contributed by atoms with E-state index >= 15 is 0 Å². The number of rotatable bonds is 7. The molecule has 10 heteroatoms. The number of carbonyl (C=O) groups is 1. The molecule has 5 rings (SSSR count). The van der Waals surface area contributed by atoms with Crippen molar-refractivity contribution in [2.75, 3.05) is 18.5 Å². The van der Waals surface area contributed by atoms with Crippen molar-refractivity contribution in [3.63, 3.8) is 0 Å². The summed E-state index contributed by atoms with van der Waals surface area (Å²) in [4.78, 5) is 36.9. The lowest BCUT2D eigenvalue weighted by molar-refractivity contribution is 0.102. The molecule has 0 fully saturated rings. The highest BCUT2D eigenvalue weighted by Gasteiger charge is 2.17. The molecule has 3 N–H and O–H groups in total. The van der Waals surface area contributed by atoms with Crippen molar-refractivity contribution in [2.24, 2.45) is 0 Å². The highest BCUT2D eigenvalue weighted by Crippen LogP contribution is 2.25. The Hall–Kier alpha value is -4.05. The largest absolute Gasteiger partial charge is 0.382 e. The number of fused-ring (bicyclic) bond motifs is 3. The maximum atomic E-state index is 13.0. The van der Waals surface area contributed by atoms with E-state index < -0.39 is 0 Å². The first-order chi connectivity index (χ1) is 16.0. The van der Waals surface area contributed by atoms with Crippen LogP contribution in [-0.4, -0.2) is 48.8 Å². The molecule has 0 radical (unpaired) electrons. The Morgan fingerprint density at radius 1 is 1.15 bits per heavy atom. The van der Waals surface area contributed by atoms with Gasteiger partial charge in [0, 0.05) is 30.7 Å². The first kappa shape index (κ1) is 20.8. The Morgan fingerprint density at radius 2 is 2.03 bits per heavy atom. The standard InChI is InChI=1S/C23H23N7O3/c1-3-33-8-4-7-30-20-11-18-17(26-21(31)13(2)25-18)10-19(20)27-23(30)28-22(32)14-5-6-15-12-24-29-16(15)9-14/h5-6,9-12H,3-4,7-8H2,1-2H3,(H,24,29)(H,26,31)(H,27,28,32). The van der Waals surface area contributed by atoms with Gasteiger partial charge in [-0.2, -0.15) is 5.10 Å². The molecule has 0 saturated carbocycles. The predicted molar refractivity (Wildman–Crippen MR) is 126 cm³/mol. The zero-order chi connectivity index (χ0) is 22.9. The summed E-state index contributed by atoms with van der Waals surface area (Å²) in [6, 6.07) is 9.01. The van der Waals surface area contributed by atoms with Crippen LogP contribution < -0.4 is 10.9 Å². The summed E-state index contributed by atoms with van der Waals surface area (Å²) in [5, 5.41) is 10.7. The minimum Gasteiger partial charge on any atom is -0.382 e. The SMILES string of the molecule is CCOCCCn1c(NC(=O)c2ccc3cn[nH]c3c2)nc2cc3[nH]c(=O)c(C)nc3cc21. The fraction of sp³-hybridized carbons (Fsp3) is 0.261. The Balaban J connectivity index is 1.55. The maximum Gasteiger partial charge on any atom is 0.269 e. The summed E-state index contributed by atoms with van der Waals surface area (Å²) in [6.45, 7) is 5.46. The molecule has 168 valence electrons. The Bertz CT molecular complexity index is 1550. The van der Waals surface area contributed by atoms with Crippen molar-refractivity contribution in [3.8, 4) is 0 Å². The number of H-pyrrole nitrogens is 2. The van der Waals surface area contributed by atoms with E-state index in [0.29, 0.717) is 53.5 Å². The summed E-state index contributed by atoms with van der Waals surface area (Å²) in [6.07, 6.45) is 2.46. The zero-order valence-corrected chi connectivity index (χ0v) is 18.3. The van der Waals surface area contributed by atoms with E-state index in [9.17, 15) is 9.59 Å². The summed E-state index contributed by atoms with van der Waals surface area (Å²) < 4.78 is 7.43. The van der Waals surface area contributed by atoms with Gasteiger partial charge >= 0.3 is 0 Å². The quantitative estimate of drug-likeness (QED) is 0.330. The van der Waals surface area contributed by atoms with Crippen molar-refractivity contribution in [3.05, 3.63) is 58.1 Å². The fourth-order valence-electron chi connectivity index (χ4n) is 3.84. The molecule has 0 atom stereocenters. The highest BCUT2D eigenvalue weighted by atomic mass is 16.5. The molecule has 0 unspecified atom stereocenters. The summed E-state index contributed by atoms with van der Waals surface area (Å²) >= 11 is 0. The van der Waals surface area contributed by atoms with E-state index in [1.54, 1.807) is 31.3 Å². The van der Waals surface area contributed by atoms with E-state index in [1.165, 1.54) is 0 Å². The van der Waals surface area contributed by atoms with Crippen LogP contribution in [0.1, 0.15) is 29.4 Å². The lowest BCUT2D eigenvalue weighted by atomic mass is 10.1. The number of ether oxygens (including phenoxy) is 1. The Morgan fingerprint density at radius 3 is 2.88 bits per heavy atom. The van der Waals surface area contributed by atoms with Crippen LogP contribution in [0.4, 0.5) is 5.95 Å². The lowest BCUT2D eigenvalue weighted by Gasteiger charge is -2.11. The molecule has 2 aromatic carbocycles. The van der Waals surface area contributed by atoms with Gasteiger partial charge in [0.2, 0.25) is 5.95 Å². The van der Waals surface area contributed by atoms with E-state index in [-0.39, 0.29) is 11.5 Å². The molecule has 33 heavy (non-hydrogen) atoms. The number of amides is 1. The van der Waals surface area contributed by atoms with Crippen LogP contribution in [0.5, 0.6) is 0 Å². The van der Waals surface area contributed by atoms with Crippen LogP contribution in [0.25, 0.3) is 33.0 Å². The van der Waals surface area contributed by atoms with Crippen LogP contribution in [0.3, 0.4) is 0 Å². The number of aromatic amines is 2. The number of imidazole rings is 1. The van der Waals surface area contributed by atoms with Crippen molar-refractivity contribution in [2.45, 2.75) is 26.8 Å². The molecule has 5 aromatic rings. The van der Waals surface area contributed by atoms with E-state index in [4.69, 9.17) is 4.74 Å². The van der Waals surface area contributed by atoms with Gasteiger partial charge < -0.3 is 14.3 Å². The van der Waals surface area contributed by atoms with Gasteiger partial charge in [0.1, 0.15) is 5.69 Å². The number of anilines is 1. The van der Waals surface area contributed by atoms with Gasteiger partial charge in [-0.05, 0) is 44.5 Å². The first-order valence-electron chi connectivity index (χ1n) is 10.8. The monoisotopic (exact) mass is 445 g/mol. The number of carbonyl (C=O) groups excluding carboxylic acids is 1. The van der Waals surface area contributed by atoms with Gasteiger partial charge in [0.15, 0.2) is 0 Å². The molecule has 0 aliphatic rings. The Kier molecular flexibility index (Phi) is 5.35. The number of aromatic nitrogens is 6. The van der Waals surface area contributed by atoms with Crippen molar-refractivity contribution >= 4 is 44.8 Å². The van der Waals surface area contributed by atoms with Crippen LogP contribution in [-0.2, 0) is 11.3 Å².